The number of rotatable bonds is 4. The molecule has 156 valence electrons. The minimum Gasteiger partial charge on any atom is -0.497 e. The van der Waals surface area contributed by atoms with E-state index in [-0.39, 0.29) is 11.4 Å². The molecule has 0 unspecified atom stereocenters. The molecule has 1 N–H and O–H groups in total. The lowest BCUT2D eigenvalue weighted by Gasteiger charge is -2.14. The fourth-order valence-corrected chi connectivity index (χ4v) is 3.92. The van der Waals surface area contributed by atoms with Crippen molar-refractivity contribution in [2.24, 2.45) is 4.99 Å². The third-order valence-electron chi connectivity index (χ3n) is 5.53. The first-order chi connectivity index (χ1) is 15.7. The first kappa shape index (κ1) is 19.6. The number of pyridine rings is 1. The van der Waals surface area contributed by atoms with Crippen LogP contribution < -0.4 is 10.3 Å². The zero-order chi connectivity index (χ0) is 22.1. The highest BCUT2D eigenvalue weighted by atomic mass is 16.5. The van der Waals surface area contributed by atoms with Gasteiger partial charge in [0.15, 0.2) is 0 Å². The predicted molar refractivity (Wildman–Crippen MR) is 129 cm³/mol. The maximum absolute atomic E-state index is 13.2. The van der Waals surface area contributed by atoms with E-state index in [4.69, 9.17) is 4.74 Å². The Morgan fingerprint density at radius 1 is 0.812 bits per heavy atom. The van der Waals surface area contributed by atoms with Gasteiger partial charge in [0, 0.05) is 22.4 Å². The molecule has 32 heavy (non-hydrogen) atoms. The van der Waals surface area contributed by atoms with Crippen molar-refractivity contribution in [1.82, 2.24) is 4.57 Å². The molecule has 0 aliphatic carbocycles. The summed E-state index contributed by atoms with van der Waals surface area (Å²) in [6.45, 7) is 0. The van der Waals surface area contributed by atoms with Gasteiger partial charge in [-0.05, 0) is 41.8 Å². The number of fused-ring (bicyclic) bond motifs is 2. The number of nitrogens with zero attached hydrogens (tertiary/aromatic N) is 2. The molecule has 4 aromatic carbocycles. The number of aromatic hydroxyl groups is 1. The molecular formula is C27H20N2O3. The molecule has 0 radical (unpaired) electrons. The largest absolute Gasteiger partial charge is 0.497 e. The minimum absolute atomic E-state index is 0.164. The average Bonchev–Trinajstić information content (AvgIpc) is 2.84. The number of methoxy groups -OCH3 is 1. The van der Waals surface area contributed by atoms with Gasteiger partial charge in [-0.2, -0.15) is 0 Å². The number of ether oxygens (including phenoxy) is 1. The molecule has 0 saturated carbocycles. The summed E-state index contributed by atoms with van der Waals surface area (Å²) in [7, 11) is 1.58. The van der Waals surface area contributed by atoms with Crippen LogP contribution in [-0.2, 0) is 0 Å². The van der Waals surface area contributed by atoms with E-state index in [0.717, 1.165) is 16.5 Å². The highest BCUT2D eigenvalue weighted by molar-refractivity contribution is 6.04. The van der Waals surface area contributed by atoms with Gasteiger partial charge in [0.2, 0.25) is 5.88 Å². The number of hydrogen-bond acceptors (Lipinski definition) is 4. The molecule has 0 atom stereocenters. The Morgan fingerprint density at radius 2 is 1.47 bits per heavy atom. The summed E-state index contributed by atoms with van der Waals surface area (Å²) in [5.74, 6) is 0.502. The van der Waals surface area contributed by atoms with Crippen LogP contribution in [0.1, 0.15) is 5.56 Å². The van der Waals surface area contributed by atoms with E-state index < -0.39 is 0 Å². The molecule has 0 saturated heterocycles. The Bertz CT molecular complexity index is 1530. The number of aliphatic imine (C=N–C) groups is 1. The van der Waals surface area contributed by atoms with Crippen molar-refractivity contribution in [2.75, 3.05) is 7.11 Å². The lowest BCUT2D eigenvalue weighted by atomic mass is 10.1. The molecule has 5 nitrogen and oxygen atoms in total. The summed E-state index contributed by atoms with van der Waals surface area (Å²) in [5, 5.41) is 14.4. The first-order valence-electron chi connectivity index (χ1n) is 10.2. The fourth-order valence-electron chi connectivity index (χ4n) is 3.92. The summed E-state index contributed by atoms with van der Waals surface area (Å²) in [6.07, 6.45) is 1.62. The molecule has 5 heteroatoms. The van der Waals surface area contributed by atoms with Crippen LogP contribution >= 0.6 is 0 Å². The van der Waals surface area contributed by atoms with Crippen LogP contribution in [-0.4, -0.2) is 23.0 Å². The van der Waals surface area contributed by atoms with Crippen LogP contribution in [0.2, 0.25) is 0 Å². The summed E-state index contributed by atoms with van der Waals surface area (Å²) in [6, 6.07) is 28.1. The van der Waals surface area contributed by atoms with Crippen LogP contribution in [0, 0.1) is 0 Å². The average molecular weight is 420 g/mol. The summed E-state index contributed by atoms with van der Waals surface area (Å²) < 4.78 is 6.51. The zero-order valence-corrected chi connectivity index (χ0v) is 17.4. The highest BCUT2D eigenvalue weighted by Gasteiger charge is 2.16. The van der Waals surface area contributed by atoms with Gasteiger partial charge in [-0.1, -0.05) is 54.6 Å². The van der Waals surface area contributed by atoms with Gasteiger partial charge in [0.25, 0.3) is 5.56 Å². The van der Waals surface area contributed by atoms with E-state index in [1.807, 2.05) is 60.7 Å². The first-order valence-corrected chi connectivity index (χ1v) is 10.2. The molecular weight excluding hydrogens is 400 g/mol. The van der Waals surface area contributed by atoms with Crippen LogP contribution in [0.5, 0.6) is 11.6 Å². The second-order valence-electron chi connectivity index (χ2n) is 7.38. The van der Waals surface area contributed by atoms with E-state index in [0.29, 0.717) is 27.8 Å². The second-order valence-corrected chi connectivity index (χ2v) is 7.38. The van der Waals surface area contributed by atoms with Gasteiger partial charge in [0.1, 0.15) is 5.75 Å². The molecule has 1 aromatic heterocycles. The standard InChI is InChI=1S/C27H20N2O3/c1-32-20-15-13-19(14-16-20)29-26(30)23-11-5-4-10-22(23)24(27(29)31)17-28-25-12-6-8-18-7-2-3-9-21(18)25/h2-17,31H,1H3. The van der Waals surface area contributed by atoms with E-state index in [1.165, 1.54) is 4.57 Å². The van der Waals surface area contributed by atoms with Crippen LogP contribution in [0.3, 0.4) is 0 Å². The van der Waals surface area contributed by atoms with Gasteiger partial charge in [-0.15, -0.1) is 0 Å². The van der Waals surface area contributed by atoms with Crippen molar-refractivity contribution >= 4 is 33.4 Å². The molecule has 0 bridgehead atoms. The lowest BCUT2D eigenvalue weighted by Crippen LogP contribution is -2.20. The quantitative estimate of drug-likeness (QED) is 0.385. The van der Waals surface area contributed by atoms with Crippen LogP contribution in [0.15, 0.2) is 101 Å². The zero-order valence-electron chi connectivity index (χ0n) is 17.4. The maximum Gasteiger partial charge on any atom is 0.265 e. The lowest BCUT2D eigenvalue weighted by molar-refractivity contribution is 0.414. The molecule has 5 rings (SSSR count). The topological polar surface area (TPSA) is 63.8 Å². The fraction of sp³-hybridized carbons (Fsp3) is 0.0370. The molecule has 0 aliphatic rings. The second kappa shape index (κ2) is 8.04. The normalized spacial score (nSPS) is 11.4. The summed E-state index contributed by atoms with van der Waals surface area (Å²) in [4.78, 5) is 17.9. The van der Waals surface area contributed by atoms with Crippen LogP contribution in [0.25, 0.3) is 27.2 Å². The van der Waals surface area contributed by atoms with Crippen molar-refractivity contribution in [3.05, 3.63) is 107 Å². The van der Waals surface area contributed by atoms with Crippen molar-refractivity contribution in [3.63, 3.8) is 0 Å². The van der Waals surface area contributed by atoms with E-state index >= 15 is 0 Å². The van der Waals surface area contributed by atoms with E-state index in [9.17, 15) is 9.90 Å². The minimum atomic E-state index is -0.300. The Hall–Kier alpha value is -4.38. The molecule has 1 heterocycles. The summed E-state index contributed by atoms with van der Waals surface area (Å²) >= 11 is 0. The number of aromatic nitrogens is 1. The van der Waals surface area contributed by atoms with Gasteiger partial charge >= 0.3 is 0 Å². The maximum atomic E-state index is 13.2. The molecule has 0 spiro atoms. The van der Waals surface area contributed by atoms with Crippen LogP contribution in [0.4, 0.5) is 5.69 Å². The van der Waals surface area contributed by atoms with Gasteiger partial charge in [-0.3, -0.25) is 9.79 Å². The highest BCUT2D eigenvalue weighted by Crippen LogP contribution is 2.29. The monoisotopic (exact) mass is 420 g/mol. The molecule has 0 fully saturated rings. The summed E-state index contributed by atoms with van der Waals surface area (Å²) in [5.41, 5.74) is 1.50. The third-order valence-corrected chi connectivity index (χ3v) is 5.53. The van der Waals surface area contributed by atoms with Gasteiger partial charge < -0.3 is 9.84 Å². The SMILES string of the molecule is COc1ccc(-n2c(O)c(C=Nc3cccc4ccccc34)c3ccccc3c2=O)cc1. The Balaban J connectivity index is 1.73. The Labute approximate surface area is 184 Å². The van der Waals surface area contributed by atoms with E-state index in [2.05, 4.69) is 4.99 Å². The smallest absolute Gasteiger partial charge is 0.265 e. The van der Waals surface area contributed by atoms with Crippen molar-refractivity contribution in [1.29, 1.82) is 0 Å². The van der Waals surface area contributed by atoms with Crippen molar-refractivity contribution in [3.8, 4) is 17.3 Å². The Kier molecular flexibility index (Phi) is 4.92. The van der Waals surface area contributed by atoms with Crippen molar-refractivity contribution in [2.45, 2.75) is 0 Å². The number of benzene rings is 4. The predicted octanol–water partition coefficient (Wildman–Crippen LogP) is 5.61. The molecule has 0 amide bonds. The van der Waals surface area contributed by atoms with Gasteiger partial charge in [-0.25, -0.2) is 4.57 Å². The Morgan fingerprint density at radius 3 is 2.22 bits per heavy atom. The van der Waals surface area contributed by atoms with Crippen molar-refractivity contribution < 1.29 is 9.84 Å². The molecule has 0 aliphatic heterocycles. The third kappa shape index (κ3) is 3.30. The number of hydrogen-bond donors (Lipinski definition) is 1. The van der Waals surface area contributed by atoms with E-state index in [1.54, 1.807) is 43.7 Å². The molecule has 5 aromatic rings. The van der Waals surface area contributed by atoms with Gasteiger partial charge in [0.05, 0.1) is 24.0 Å².